The van der Waals surface area contributed by atoms with Crippen molar-refractivity contribution in [2.45, 2.75) is 57.8 Å². The fourth-order valence-corrected chi connectivity index (χ4v) is 9.32. The molecular formula is C47H42O2. The van der Waals surface area contributed by atoms with Gasteiger partial charge >= 0.3 is 0 Å². The monoisotopic (exact) mass is 638 g/mol. The third kappa shape index (κ3) is 3.95. The van der Waals surface area contributed by atoms with Crippen molar-refractivity contribution in [1.29, 1.82) is 0 Å². The molecule has 0 saturated carbocycles. The second-order valence-corrected chi connectivity index (χ2v) is 15.7. The summed E-state index contributed by atoms with van der Waals surface area (Å²) in [4.78, 5) is 0. The lowest BCUT2D eigenvalue weighted by Gasteiger charge is -2.24. The van der Waals surface area contributed by atoms with Gasteiger partial charge in [-0.05, 0) is 114 Å². The van der Waals surface area contributed by atoms with E-state index in [-0.39, 0.29) is 16.2 Å². The zero-order valence-corrected chi connectivity index (χ0v) is 29.7. The van der Waals surface area contributed by atoms with Crippen LogP contribution in [0.5, 0.6) is 11.5 Å². The van der Waals surface area contributed by atoms with Crippen LogP contribution in [0.25, 0.3) is 55.6 Å². The van der Waals surface area contributed by atoms with Crippen molar-refractivity contribution in [2.75, 3.05) is 14.2 Å². The van der Waals surface area contributed by atoms with Gasteiger partial charge in [0.2, 0.25) is 0 Å². The fourth-order valence-electron chi connectivity index (χ4n) is 9.32. The highest BCUT2D eigenvalue weighted by Gasteiger charge is 2.40. The van der Waals surface area contributed by atoms with Crippen LogP contribution < -0.4 is 9.47 Å². The van der Waals surface area contributed by atoms with E-state index >= 15 is 0 Å². The fraction of sp³-hybridized carbons (Fsp3) is 0.234. The molecule has 0 amide bonds. The van der Waals surface area contributed by atoms with Crippen LogP contribution >= 0.6 is 0 Å². The maximum absolute atomic E-state index is 6.15. The van der Waals surface area contributed by atoms with Gasteiger partial charge in [0.15, 0.2) is 0 Å². The van der Waals surface area contributed by atoms with Crippen LogP contribution in [0, 0.1) is 0 Å². The molecule has 6 aromatic rings. The largest absolute Gasteiger partial charge is 0.496 e. The van der Waals surface area contributed by atoms with E-state index in [9.17, 15) is 0 Å². The van der Waals surface area contributed by atoms with Crippen LogP contribution in [0.2, 0.25) is 0 Å². The van der Waals surface area contributed by atoms with Crippen molar-refractivity contribution < 1.29 is 9.47 Å². The molecule has 0 atom stereocenters. The molecule has 0 N–H and O–H groups in total. The van der Waals surface area contributed by atoms with Gasteiger partial charge in [0.25, 0.3) is 0 Å². The molecule has 3 aliphatic carbocycles. The standard InChI is InChI=1S/C47H42O2/c1-45(2)37-15-11-9-13-29(37)31-19-17-27(21-39(31)45)33-23-35-36-24-34(44(49-8)26-42(36)47(5,6)41(35)25-43(33)48-7)28-18-20-32-30-14-10-12-16-38(30)46(3,4)40(32)22-28/h9-26H,1-8H3. The van der Waals surface area contributed by atoms with Gasteiger partial charge in [-0.2, -0.15) is 0 Å². The van der Waals surface area contributed by atoms with Gasteiger partial charge in [-0.15, -0.1) is 0 Å². The van der Waals surface area contributed by atoms with Gasteiger partial charge in [0, 0.05) is 27.4 Å². The highest BCUT2D eigenvalue weighted by Crippen LogP contribution is 2.56. The number of ether oxygens (including phenoxy) is 2. The van der Waals surface area contributed by atoms with Crippen LogP contribution in [0.3, 0.4) is 0 Å². The summed E-state index contributed by atoms with van der Waals surface area (Å²) >= 11 is 0. The van der Waals surface area contributed by atoms with Crippen molar-refractivity contribution in [3.05, 3.63) is 143 Å². The van der Waals surface area contributed by atoms with E-state index in [1.165, 1.54) is 77.9 Å². The smallest absolute Gasteiger partial charge is 0.127 e. The zero-order chi connectivity index (χ0) is 34.0. The van der Waals surface area contributed by atoms with Gasteiger partial charge in [0.1, 0.15) is 11.5 Å². The predicted molar refractivity (Wildman–Crippen MR) is 203 cm³/mol. The van der Waals surface area contributed by atoms with Crippen molar-refractivity contribution in [3.8, 4) is 67.1 Å². The molecule has 3 aliphatic rings. The molecule has 0 unspecified atom stereocenters. The van der Waals surface area contributed by atoms with Crippen LogP contribution in [-0.4, -0.2) is 14.2 Å². The van der Waals surface area contributed by atoms with Gasteiger partial charge in [0.05, 0.1) is 14.2 Å². The van der Waals surface area contributed by atoms with Crippen molar-refractivity contribution in [1.82, 2.24) is 0 Å². The maximum Gasteiger partial charge on any atom is 0.127 e. The topological polar surface area (TPSA) is 18.5 Å². The third-order valence-corrected chi connectivity index (χ3v) is 12.1. The summed E-state index contributed by atoms with van der Waals surface area (Å²) in [5.74, 6) is 1.81. The molecule has 0 heterocycles. The summed E-state index contributed by atoms with van der Waals surface area (Å²) in [6.45, 7) is 14.0. The Balaban J connectivity index is 1.21. The second-order valence-electron chi connectivity index (χ2n) is 15.7. The van der Waals surface area contributed by atoms with E-state index in [0.717, 1.165) is 22.6 Å². The van der Waals surface area contributed by atoms with E-state index in [1.54, 1.807) is 14.2 Å². The first kappa shape index (κ1) is 30.0. The minimum atomic E-state index is -0.217. The van der Waals surface area contributed by atoms with Crippen LogP contribution in [-0.2, 0) is 16.2 Å². The summed E-state index contributed by atoms with van der Waals surface area (Å²) in [6, 6.07) is 40.9. The highest BCUT2D eigenvalue weighted by atomic mass is 16.5. The van der Waals surface area contributed by atoms with Gasteiger partial charge in [-0.1, -0.05) is 114 Å². The Labute approximate surface area is 290 Å². The first-order chi connectivity index (χ1) is 23.5. The van der Waals surface area contributed by atoms with E-state index in [1.807, 2.05) is 0 Å². The first-order valence-electron chi connectivity index (χ1n) is 17.4. The van der Waals surface area contributed by atoms with Crippen LogP contribution in [0.1, 0.15) is 74.9 Å². The number of hydrogen-bond donors (Lipinski definition) is 0. The number of methoxy groups -OCH3 is 2. The third-order valence-electron chi connectivity index (χ3n) is 12.1. The summed E-state index contributed by atoms with van der Waals surface area (Å²) in [5, 5.41) is 0. The molecule has 0 saturated heterocycles. The normalized spacial score (nSPS) is 16.2. The van der Waals surface area contributed by atoms with Crippen LogP contribution in [0.15, 0.2) is 109 Å². The van der Waals surface area contributed by atoms with Crippen LogP contribution in [0.4, 0.5) is 0 Å². The quantitative estimate of drug-likeness (QED) is 0.191. The predicted octanol–water partition coefficient (Wildman–Crippen LogP) is 12.0. The van der Waals surface area contributed by atoms with E-state index in [4.69, 9.17) is 9.47 Å². The van der Waals surface area contributed by atoms with Gasteiger partial charge < -0.3 is 9.47 Å². The maximum atomic E-state index is 6.15. The van der Waals surface area contributed by atoms with Gasteiger partial charge in [-0.25, -0.2) is 0 Å². The van der Waals surface area contributed by atoms with E-state index < -0.39 is 0 Å². The molecule has 0 radical (unpaired) electrons. The molecule has 0 bridgehead atoms. The molecule has 0 aromatic heterocycles. The molecular weight excluding hydrogens is 597 g/mol. The average molecular weight is 639 g/mol. The average Bonchev–Trinajstić information content (AvgIpc) is 3.59. The minimum Gasteiger partial charge on any atom is -0.496 e. The molecule has 2 nitrogen and oxygen atoms in total. The second kappa shape index (κ2) is 9.98. The molecule has 242 valence electrons. The molecule has 6 aromatic carbocycles. The molecule has 9 rings (SSSR count). The highest BCUT2D eigenvalue weighted by molar-refractivity contribution is 5.93. The lowest BCUT2D eigenvalue weighted by atomic mass is 9.80. The SMILES string of the molecule is COc1cc2c(cc1-c1ccc3c(c1)C(C)(C)c1ccccc1-3)-c1cc(-c3ccc4c(c3)C(C)(C)c3ccccc3-4)c(OC)cc1C2(C)C. The Morgan fingerprint density at radius 1 is 0.327 bits per heavy atom. The van der Waals surface area contributed by atoms with E-state index in [0.29, 0.717) is 0 Å². The molecule has 0 fully saturated rings. The Morgan fingerprint density at radius 2 is 0.673 bits per heavy atom. The number of fused-ring (bicyclic) bond motifs is 9. The first-order valence-corrected chi connectivity index (χ1v) is 17.4. The number of hydrogen-bond acceptors (Lipinski definition) is 2. The Morgan fingerprint density at radius 3 is 1.08 bits per heavy atom. The summed E-state index contributed by atoms with van der Waals surface area (Å²) in [6.07, 6.45) is 0. The Kier molecular flexibility index (Phi) is 6.11. The van der Waals surface area contributed by atoms with Gasteiger partial charge in [-0.3, -0.25) is 0 Å². The molecule has 49 heavy (non-hydrogen) atoms. The molecule has 0 aliphatic heterocycles. The summed E-state index contributed by atoms with van der Waals surface area (Å²) in [5.41, 5.74) is 20.2. The van der Waals surface area contributed by atoms with Crippen molar-refractivity contribution in [3.63, 3.8) is 0 Å². The summed E-state index contributed by atoms with van der Waals surface area (Å²) < 4.78 is 12.3. The number of rotatable bonds is 4. The Bertz CT molecular complexity index is 2220. The Hall–Kier alpha value is -5.08. The lowest BCUT2D eigenvalue weighted by molar-refractivity contribution is 0.414. The summed E-state index contributed by atoms with van der Waals surface area (Å²) in [7, 11) is 3.59. The van der Waals surface area contributed by atoms with E-state index in [2.05, 4.69) is 151 Å². The minimum absolute atomic E-state index is 0.0717. The lowest BCUT2D eigenvalue weighted by Crippen LogP contribution is -2.15. The molecule has 2 heteroatoms. The van der Waals surface area contributed by atoms with Crippen molar-refractivity contribution >= 4 is 0 Å². The number of benzene rings is 6. The van der Waals surface area contributed by atoms with Crippen molar-refractivity contribution in [2.24, 2.45) is 0 Å². The molecule has 0 spiro atoms. The zero-order valence-electron chi connectivity index (χ0n) is 29.7.